The molecule has 2 aromatic carbocycles. The van der Waals surface area contributed by atoms with Gasteiger partial charge in [-0.1, -0.05) is 24.6 Å². The van der Waals surface area contributed by atoms with E-state index in [9.17, 15) is 9.59 Å². The molecule has 1 heterocycles. The normalized spacial score (nSPS) is 13.9. The number of ether oxygens (including phenoxy) is 1. The lowest BCUT2D eigenvalue weighted by Gasteiger charge is -2.20. The Labute approximate surface area is 175 Å². The molecule has 0 spiro atoms. The zero-order chi connectivity index (χ0) is 20.5. The second-order valence-electron chi connectivity index (χ2n) is 6.69. The van der Waals surface area contributed by atoms with Crippen molar-refractivity contribution in [2.24, 2.45) is 0 Å². The van der Waals surface area contributed by atoms with Crippen molar-refractivity contribution in [1.29, 1.82) is 0 Å². The Kier molecular flexibility index (Phi) is 7.40. The zero-order valence-corrected chi connectivity index (χ0v) is 16.8. The number of thiocarbonyl (C=S) groups is 1. The highest BCUT2D eigenvalue weighted by Gasteiger charge is 2.19. The first kappa shape index (κ1) is 20.6. The Morgan fingerprint density at radius 3 is 2.45 bits per heavy atom. The number of para-hydroxylation sites is 1. The fraction of sp³-hybridized carbons (Fsp3) is 0.286. The number of nitrogens with one attached hydrogen (secondary N) is 3. The Balaban J connectivity index is 1.42. The minimum Gasteiger partial charge on any atom is -0.457 e. The van der Waals surface area contributed by atoms with Gasteiger partial charge in [0, 0.05) is 18.7 Å². The fourth-order valence-electron chi connectivity index (χ4n) is 2.94. The molecule has 1 fully saturated rings. The Bertz CT molecular complexity index is 843. The summed E-state index contributed by atoms with van der Waals surface area (Å²) in [5.74, 6) is 1.18. The van der Waals surface area contributed by atoms with Gasteiger partial charge >= 0.3 is 0 Å². The molecule has 1 aliphatic rings. The molecule has 3 rings (SSSR count). The van der Waals surface area contributed by atoms with Crippen LogP contribution in [0.25, 0.3) is 0 Å². The lowest BCUT2D eigenvalue weighted by atomic mass is 10.2. The van der Waals surface area contributed by atoms with Crippen LogP contribution in [-0.2, 0) is 9.59 Å². The average Bonchev–Trinajstić information content (AvgIpc) is 2.93. The number of amides is 2. The molecule has 0 bridgehead atoms. The summed E-state index contributed by atoms with van der Waals surface area (Å²) in [6.45, 7) is 0.645. The van der Waals surface area contributed by atoms with Gasteiger partial charge in [-0.15, -0.1) is 0 Å². The summed E-state index contributed by atoms with van der Waals surface area (Å²) in [6, 6.07) is 16.8. The molecule has 0 aliphatic carbocycles. The number of carbonyl (C=O) groups is 2. The molecule has 152 valence electrons. The number of hydrogen-bond acceptors (Lipinski definition) is 4. The first-order chi connectivity index (χ1) is 14.1. The predicted molar refractivity (Wildman–Crippen MR) is 116 cm³/mol. The number of rotatable bonds is 5. The molecule has 7 nitrogen and oxygen atoms in total. The number of benzene rings is 2. The van der Waals surface area contributed by atoms with Crippen molar-refractivity contribution in [2.75, 3.05) is 18.4 Å². The van der Waals surface area contributed by atoms with Gasteiger partial charge in [0.1, 0.15) is 18.0 Å². The number of anilines is 1. The van der Waals surface area contributed by atoms with Crippen LogP contribution in [0.1, 0.15) is 25.7 Å². The van der Waals surface area contributed by atoms with E-state index in [0.717, 1.165) is 30.7 Å². The van der Waals surface area contributed by atoms with Gasteiger partial charge in [0.25, 0.3) is 5.91 Å². The molecule has 1 aliphatic heterocycles. The van der Waals surface area contributed by atoms with Gasteiger partial charge in [-0.2, -0.15) is 0 Å². The van der Waals surface area contributed by atoms with Crippen LogP contribution < -0.4 is 20.9 Å². The number of nitrogens with zero attached hydrogens (tertiary/aromatic N) is 1. The highest BCUT2D eigenvalue weighted by Crippen LogP contribution is 2.22. The molecular formula is C21H24N4O3S. The smallest absolute Gasteiger partial charge is 0.257 e. The Hall–Kier alpha value is -3.13. The van der Waals surface area contributed by atoms with Crippen LogP contribution in [0.4, 0.5) is 5.69 Å². The SMILES string of the molecule is O=C(CN1CCCCCC1=O)NNC(=S)Nc1ccc(Oc2ccccc2)cc1. The number of hydrazine groups is 1. The summed E-state index contributed by atoms with van der Waals surface area (Å²) in [7, 11) is 0. The summed E-state index contributed by atoms with van der Waals surface area (Å²) in [6.07, 6.45) is 3.34. The van der Waals surface area contributed by atoms with E-state index >= 15 is 0 Å². The highest BCUT2D eigenvalue weighted by atomic mass is 32.1. The minimum absolute atomic E-state index is 0.0242. The van der Waals surface area contributed by atoms with Gasteiger partial charge in [0.05, 0.1) is 0 Å². The van der Waals surface area contributed by atoms with Crippen LogP contribution in [-0.4, -0.2) is 34.9 Å². The molecule has 0 saturated carbocycles. The second-order valence-corrected chi connectivity index (χ2v) is 7.10. The molecular weight excluding hydrogens is 388 g/mol. The number of carbonyl (C=O) groups excluding carboxylic acids is 2. The van der Waals surface area contributed by atoms with E-state index < -0.39 is 0 Å². The van der Waals surface area contributed by atoms with Gasteiger partial charge < -0.3 is 15.0 Å². The van der Waals surface area contributed by atoms with Crippen molar-refractivity contribution in [3.05, 3.63) is 54.6 Å². The van der Waals surface area contributed by atoms with E-state index in [2.05, 4.69) is 16.2 Å². The molecule has 8 heteroatoms. The third-order valence-electron chi connectivity index (χ3n) is 4.41. The van der Waals surface area contributed by atoms with E-state index in [0.29, 0.717) is 18.7 Å². The summed E-state index contributed by atoms with van der Waals surface area (Å²) >= 11 is 5.19. The van der Waals surface area contributed by atoms with E-state index in [1.165, 1.54) is 0 Å². The molecule has 0 radical (unpaired) electrons. The Morgan fingerprint density at radius 2 is 1.69 bits per heavy atom. The van der Waals surface area contributed by atoms with Crippen molar-refractivity contribution in [2.45, 2.75) is 25.7 Å². The molecule has 0 aromatic heterocycles. The predicted octanol–water partition coefficient (Wildman–Crippen LogP) is 3.20. The first-order valence-corrected chi connectivity index (χ1v) is 9.97. The lowest BCUT2D eigenvalue weighted by Crippen LogP contribution is -2.48. The molecule has 0 atom stereocenters. The molecule has 0 unspecified atom stereocenters. The van der Waals surface area contributed by atoms with Gasteiger partial charge in [-0.3, -0.25) is 20.4 Å². The van der Waals surface area contributed by atoms with Crippen LogP contribution in [0.15, 0.2) is 54.6 Å². The lowest BCUT2D eigenvalue weighted by molar-refractivity contribution is -0.135. The third kappa shape index (κ3) is 6.76. The largest absolute Gasteiger partial charge is 0.457 e. The molecule has 1 saturated heterocycles. The second kappa shape index (κ2) is 10.4. The summed E-state index contributed by atoms with van der Waals surface area (Å²) in [5, 5.41) is 3.23. The van der Waals surface area contributed by atoms with Crippen molar-refractivity contribution >= 4 is 34.8 Å². The topological polar surface area (TPSA) is 82.7 Å². The van der Waals surface area contributed by atoms with Crippen LogP contribution in [0.3, 0.4) is 0 Å². The van der Waals surface area contributed by atoms with E-state index in [-0.39, 0.29) is 23.5 Å². The fourth-order valence-corrected chi connectivity index (χ4v) is 3.11. The van der Waals surface area contributed by atoms with Crippen molar-refractivity contribution in [3.63, 3.8) is 0 Å². The Morgan fingerprint density at radius 1 is 0.966 bits per heavy atom. The van der Waals surface area contributed by atoms with Gasteiger partial charge in [-0.25, -0.2) is 0 Å². The van der Waals surface area contributed by atoms with Crippen LogP contribution in [0.5, 0.6) is 11.5 Å². The van der Waals surface area contributed by atoms with Gasteiger partial charge in [0.15, 0.2) is 5.11 Å². The summed E-state index contributed by atoms with van der Waals surface area (Å²) < 4.78 is 5.74. The maximum absolute atomic E-state index is 12.1. The minimum atomic E-state index is -0.309. The van der Waals surface area contributed by atoms with Crippen LogP contribution in [0.2, 0.25) is 0 Å². The van der Waals surface area contributed by atoms with Gasteiger partial charge in [-0.05, 0) is 61.5 Å². The standard InChI is InChI=1S/C21H24N4O3S/c26-19(15-25-14-6-2-5-9-20(25)27)23-24-21(29)22-16-10-12-18(13-11-16)28-17-7-3-1-4-8-17/h1,3-4,7-8,10-13H,2,5-6,9,14-15H2,(H,23,26)(H2,22,24,29). The monoisotopic (exact) mass is 412 g/mol. The van der Waals surface area contributed by atoms with E-state index in [1.54, 1.807) is 4.90 Å². The van der Waals surface area contributed by atoms with Crippen molar-refractivity contribution < 1.29 is 14.3 Å². The molecule has 3 N–H and O–H groups in total. The van der Waals surface area contributed by atoms with Crippen molar-refractivity contribution in [1.82, 2.24) is 15.8 Å². The number of likely N-dealkylation sites (tertiary alicyclic amines) is 1. The number of hydrogen-bond donors (Lipinski definition) is 3. The van der Waals surface area contributed by atoms with E-state index in [4.69, 9.17) is 17.0 Å². The third-order valence-corrected chi connectivity index (χ3v) is 4.62. The van der Waals surface area contributed by atoms with Gasteiger partial charge in [0.2, 0.25) is 5.91 Å². The van der Waals surface area contributed by atoms with Crippen LogP contribution >= 0.6 is 12.2 Å². The summed E-state index contributed by atoms with van der Waals surface area (Å²) in [4.78, 5) is 25.6. The highest BCUT2D eigenvalue weighted by molar-refractivity contribution is 7.80. The summed E-state index contributed by atoms with van der Waals surface area (Å²) in [5.41, 5.74) is 5.93. The average molecular weight is 413 g/mol. The molecule has 2 aromatic rings. The first-order valence-electron chi connectivity index (χ1n) is 9.57. The maximum Gasteiger partial charge on any atom is 0.257 e. The van der Waals surface area contributed by atoms with E-state index in [1.807, 2.05) is 54.6 Å². The molecule has 2 amide bonds. The maximum atomic E-state index is 12.1. The molecule has 29 heavy (non-hydrogen) atoms. The quantitative estimate of drug-likeness (QED) is 0.517. The van der Waals surface area contributed by atoms with Crippen molar-refractivity contribution in [3.8, 4) is 11.5 Å². The zero-order valence-electron chi connectivity index (χ0n) is 16.0. The van der Waals surface area contributed by atoms with Crippen LogP contribution in [0, 0.1) is 0 Å².